The third-order valence-electron chi connectivity index (χ3n) is 8.84. The number of halogens is 6. The second kappa shape index (κ2) is 14.3. The Hall–Kier alpha value is -3.45. The first-order chi connectivity index (χ1) is 22.9. The van der Waals surface area contributed by atoms with Crippen LogP contribution in [0.15, 0.2) is 54.7 Å². The summed E-state index contributed by atoms with van der Waals surface area (Å²) in [7, 11) is 0.756. The minimum Gasteiger partial charge on any atom is -0.345 e. The van der Waals surface area contributed by atoms with E-state index in [9.17, 15) is 35.7 Å². The largest absolute Gasteiger partial charge is 0.416 e. The van der Waals surface area contributed by atoms with Crippen LogP contribution in [0.4, 0.5) is 37.8 Å². The summed E-state index contributed by atoms with van der Waals surface area (Å²) < 4.78 is 106. The van der Waals surface area contributed by atoms with Crippen LogP contribution in [0.25, 0.3) is 11.1 Å². The Morgan fingerprint density at radius 1 is 0.900 bits per heavy atom. The van der Waals surface area contributed by atoms with Gasteiger partial charge in [-0.3, -0.25) is 13.9 Å². The molecule has 1 fully saturated rings. The second-order valence-electron chi connectivity index (χ2n) is 14.4. The second-order valence-corrected chi connectivity index (χ2v) is 15.4. The van der Waals surface area contributed by atoms with E-state index in [0.717, 1.165) is 11.1 Å². The number of amides is 1. The molecule has 0 aliphatic carbocycles. The SMILES string of the molecule is Cc1ccccc1-c1cc(N2CC[N+](C)(CO[PH](=O)OC(C)(C)C)CC2)ncc1N(C)C(=O)C(C)(C)c1cc(C(F)(F)F)cc(C(F)(F)F)c1. The van der Waals surface area contributed by atoms with E-state index in [1.807, 2.05) is 44.3 Å². The molecule has 2 heterocycles. The topological polar surface area (TPSA) is 72.0 Å². The van der Waals surface area contributed by atoms with Gasteiger partial charge in [-0.05, 0) is 82.5 Å². The normalized spacial score (nSPS) is 16.3. The van der Waals surface area contributed by atoms with E-state index in [2.05, 4.69) is 9.88 Å². The Morgan fingerprint density at radius 2 is 1.44 bits per heavy atom. The minimum absolute atomic E-state index is 0.0467. The third-order valence-corrected chi connectivity index (χ3v) is 9.98. The molecule has 8 nitrogen and oxygen atoms in total. The van der Waals surface area contributed by atoms with E-state index in [4.69, 9.17) is 9.05 Å². The summed E-state index contributed by atoms with van der Waals surface area (Å²) in [4.78, 5) is 22.1. The van der Waals surface area contributed by atoms with Crippen molar-refractivity contribution in [3.05, 3.63) is 77.0 Å². The maximum Gasteiger partial charge on any atom is 0.416 e. The molecule has 1 aromatic heterocycles. The predicted octanol–water partition coefficient (Wildman–Crippen LogP) is 8.48. The summed E-state index contributed by atoms with van der Waals surface area (Å²) in [6.07, 6.45) is -8.62. The van der Waals surface area contributed by atoms with Gasteiger partial charge >= 0.3 is 20.6 Å². The van der Waals surface area contributed by atoms with E-state index in [0.29, 0.717) is 59.9 Å². The zero-order valence-electron chi connectivity index (χ0n) is 29.4. The number of hydrogen-bond donors (Lipinski definition) is 0. The van der Waals surface area contributed by atoms with Gasteiger partial charge in [0.1, 0.15) is 5.82 Å². The van der Waals surface area contributed by atoms with Crippen LogP contribution in [-0.4, -0.2) is 68.0 Å². The number of quaternary nitrogens is 1. The van der Waals surface area contributed by atoms with E-state index in [1.54, 1.807) is 20.8 Å². The number of alkyl halides is 6. The van der Waals surface area contributed by atoms with Crippen LogP contribution < -0.4 is 9.80 Å². The lowest BCUT2D eigenvalue weighted by molar-refractivity contribution is -0.925. The first kappa shape index (κ1) is 39.3. The number of carbonyl (C=O) groups excluding carboxylic acids is 1. The molecule has 0 saturated carbocycles. The number of anilines is 2. The predicted molar refractivity (Wildman–Crippen MR) is 181 cm³/mol. The van der Waals surface area contributed by atoms with E-state index in [1.165, 1.54) is 32.0 Å². The zero-order valence-corrected chi connectivity index (χ0v) is 30.4. The first-order valence-electron chi connectivity index (χ1n) is 16.0. The van der Waals surface area contributed by atoms with Gasteiger partial charge < -0.3 is 18.8 Å². The van der Waals surface area contributed by atoms with Crippen molar-refractivity contribution >= 4 is 25.7 Å². The fourth-order valence-electron chi connectivity index (χ4n) is 5.73. The Balaban J connectivity index is 1.65. The number of benzene rings is 2. The van der Waals surface area contributed by atoms with Gasteiger partial charge in [0.05, 0.1) is 67.3 Å². The third kappa shape index (κ3) is 9.25. The molecule has 1 aliphatic rings. The lowest BCUT2D eigenvalue weighted by Gasteiger charge is -2.42. The van der Waals surface area contributed by atoms with Crippen LogP contribution in [0.1, 0.15) is 56.9 Å². The lowest BCUT2D eigenvalue weighted by atomic mass is 9.81. The van der Waals surface area contributed by atoms with Crippen molar-refractivity contribution in [1.29, 1.82) is 0 Å². The van der Waals surface area contributed by atoms with E-state index >= 15 is 0 Å². The average Bonchev–Trinajstić information content (AvgIpc) is 3.01. The number of aryl methyl sites for hydroxylation is 1. The van der Waals surface area contributed by atoms with Crippen molar-refractivity contribution in [2.75, 3.05) is 56.8 Å². The highest BCUT2D eigenvalue weighted by molar-refractivity contribution is 7.33. The van der Waals surface area contributed by atoms with Gasteiger partial charge in [-0.2, -0.15) is 26.3 Å². The summed E-state index contributed by atoms with van der Waals surface area (Å²) in [6.45, 7) is 12.6. The first-order valence-corrected chi connectivity index (χ1v) is 17.2. The van der Waals surface area contributed by atoms with E-state index in [-0.39, 0.29) is 12.8 Å². The van der Waals surface area contributed by atoms with Crippen LogP contribution >= 0.6 is 8.25 Å². The van der Waals surface area contributed by atoms with Crippen LogP contribution in [0.2, 0.25) is 0 Å². The van der Waals surface area contributed by atoms with Gasteiger partial charge in [0, 0.05) is 12.6 Å². The molecule has 4 rings (SSSR count). The van der Waals surface area contributed by atoms with Gasteiger partial charge in [0.15, 0.2) is 6.73 Å². The van der Waals surface area contributed by atoms with Gasteiger partial charge in [-0.15, -0.1) is 0 Å². The molecule has 2 aromatic carbocycles. The van der Waals surface area contributed by atoms with Gasteiger partial charge in [-0.1, -0.05) is 24.3 Å². The molecule has 0 bridgehead atoms. The average molecular weight is 730 g/mol. The molecular weight excluding hydrogens is 685 g/mol. The Bertz CT molecular complexity index is 1700. The smallest absolute Gasteiger partial charge is 0.345 e. The van der Waals surface area contributed by atoms with Crippen molar-refractivity contribution in [2.24, 2.45) is 0 Å². The van der Waals surface area contributed by atoms with Crippen molar-refractivity contribution in [3.63, 3.8) is 0 Å². The van der Waals surface area contributed by atoms with Crippen LogP contribution in [0, 0.1) is 6.92 Å². The monoisotopic (exact) mass is 729 g/mol. The molecule has 0 spiro atoms. The number of nitrogens with zero attached hydrogens (tertiary/aromatic N) is 4. The molecule has 274 valence electrons. The summed E-state index contributed by atoms with van der Waals surface area (Å²) in [5.41, 5.74) is -3.19. The molecule has 0 N–H and O–H groups in total. The number of pyridine rings is 1. The maximum absolute atomic E-state index is 14.1. The number of hydrogen-bond acceptors (Lipinski definition) is 6. The number of rotatable bonds is 9. The van der Waals surface area contributed by atoms with Crippen molar-refractivity contribution < 1.29 is 49.2 Å². The van der Waals surface area contributed by atoms with Crippen molar-refractivity contribution in [2.45, 2.75) is 64.9 Å². The van der Waals surface area contributed by atoms with Gasteiger partial charge in [-0.25, -0.2) is 4.98 Å². The highest BCUT2D eigenvalue weighted by Gasteiger charge is 2.41. The highest BCUT2D eigenvalue weighted by Crippen LogP contribution is 2.41. The van der Waals surface area contributed by atoms with Crippen LogP contribution in [0.3, 0.4) is 0 Å². The molecular formula is C35H44F6N4O4P+. The molecule has 3 aromatic rings. The number of likely N-dealkylation sites (N-methyl/N-ethyl adjacent to an activating group) is 2. The summed E-state index contributed by atoms with van der Waals surface area (Å²) in [5, 5.41) is 0. The Labute approximate surface area is 289 Å². The molecule has 1 saturated heterocycles. The standard InChI is InChI=1S/C35H44F6N4O4P/c1-23-11-9-10-12-27(23)28-20-30(44-13-15-45(8,16-14-44)22-48-50(47)49-32(2,3)4)42-21-29(28)43(7)31(46)33(5,6)24-17-25(34(36,37)38)19-26(18-24)35(39,40)41/h9-12,17-21,50H,13-16,22H2,1-8H3/q+1. The number of carbonyl (C=O) groups is 1. The maximum atomic E-state index is 14.1. The van der Waals surface area contributed by atoms with Gasteiger partial charge in [0.25, 0.3) is 0 Å². The molecule has 1 atom stereocenters. The summed E-state index contributed by atoms with van der Waals surface area (Å²) in [6, 6.07) is 10.5. The van der Waals surface area contributed by atoms with Crippen LogP contribution in [-0.2, 0) is 36.2 Å². The highest BCUT2D eigenvalue weighted by atomic mass is 31.1. The fourth-order valence-corrected chi connectivity index (χ4v) is 6.71. The Kier molecular flexibility index (Phi) is 11.2. The summed E-state index contributed by atoms with van der Waals surface area (Å²) >= 11 is 0. The molecule has 1 unspecified atom stereocenters. The van der Waals surface area contributed by atoms with Crippen LogP contribution in [0.5, 0.6) is 0 Å². The minimum atomic E-state index is -5.06. The summed E-state index contributed by atoms with van der Waals surface area (Å²) in [5.74, 6) is -0.105. The Morgan fingerprint density at radius 3 is 1.96 bits per heavy atom. The van der Waals surface area contributed by atoms with Crippen molar-refractivity contribution in [3.8, 4) is 11.1 Å². The van der Waals surface area contributed by atoms with Crippen molar-refractivity contribution in [1.82, 2.24) is 4.98 Å². The quantitative estimate of drug-likeness (QED) is 0.125. The molecule has 0 radical (unpaired) electrons. The fraction of sp³-hybridized carbons (Fsp3) is 0.486. The number of piperazine rings is 1. The zero-order chi connectivity index (χ0) is 37.4. The molecule has 1 amide bonds. The number of aromatic nitrogens is 1. The molecule has 50 heavy (non-hydrogen) atoms. The molecule has 1 aliphatic heterocycles. The molecule has 15 heteroatoms. The van der Waals surface area contributed by atoms with Gasteiger partial charge in [0.2, 0.25) is 5.91 Å². The van der Waals surface area contributed by atoms with E-state index < -0.39 is 54.2 Å². The lowest BCUT2D eigenvalue weighted by Crippen LogP contribution is -2.58.